The second-order valence-corrected chi connectivity index (χ2v) is 7.19. The Hall–Kier alpha value is -2.20. The van der Waals surface area contributed by atoms with Gasteiger partial charge in [0.25, 0.3) is 0 Å². The highest BCUT2D eigenvalue weighted by Crippen LogP contribution is 2.26. The van der Waals surface area contributed by atoms with Gasteiger partial charge in [-0.15, -0.1) is 24.0 Å². The van der Waals surface area contributed by atoms with Gasteiger partial charge in [0.15, 0.2) is 17.5 Å². The van der Waals surface area contributed by atoms with Crippen LogP contribution in [0.5, 0.6) is 17.2 Å². The lowest BCUT2D eigenvalue weighted by Gasteiger charge is -2.19. The summed E-state index contributed by atoms with van der Waals surface area (Å²) in [6.07, 6.45) is 0.777. The molecule has 2 N–H and O–H groups in total. The third-order valence-corrected chi connectivity index (χ3v) is 4.60. The molecular weight excluding hydrogens is 521 g/mol. The topological polar surface area (TPSA) is 73.3 Å². The molecular formula is C24H36IN3O4. The Labute approximate surface area is 208 Å². The van der Waals surface area contributed by atoms with Gasteiger partial charge in [0.1, 0.15) is 11.9 Å². The molecule has 2 rings (SSSR count). The molecule has 0 aliphatic carbocycles. The van der Waals surface area contributed by atoms with E-state index in [0.717, 1.165) is 29.0 Å². The van der Waals surface area contributed by atoms with E-state index < -0.39 is 0 Å². The minimum absolute atomic E-state index is 0. The monoisotopic (exact) mass is 557 g/mol. The van der Waals surface area contributed by atoms with Crippen molar-refractivity contribution >= 4 is 29.9 Å². The van der Waals surface area contributed by atoms with Gasteiger partial charge in [0.05, 0.1) is 20.3 Å². The zero-order valence-electron chi connectivity index (χ0n) is 19.6. The molecule has 0 aliphatic rings. The average molecular weight is 557 g/mol. The minimum atomic E-state index is -0.0751. The van der Waals surface area contributed by atoms with E-state index in [0.29, 0.717) is 38.0 Å². The zero-order valence-corrected chi connectivity index (χ0v) is 22.0. The fourth-order valence-corrected chi connectivity index (χ4v) is 2.94. The first-order valence-corrected chi connectivity index (χ1v) is 10.5. The van der Waals surface area contributed by atoms with Crippen LogP contribution in [-0.2, 0) is 11.3 Å². The van der Waals surface area contributed by atoms with Crippen molar-refractivity contribution in [2.45, 2.75) is 32.9 Å². The second kappa shape index (κ2) is 15.6. The Morgan fingerprint density at radius 1 is 1.00 bits per heavy atom. The summed E-state index contributed by atoms with van der Waals surface area (Å²) in [5.41, 5.74) is 2.24. The number of hydrogen-bond donors (Lipinski definition) is 2. The molecule has 0 saturated heterocycles. The quantitative estimate of drug-likeness (QED) is 0.177. The Morgan fingerprint density at radius 2 is 1.75 bits per heavy atom. The van der Waals surface area contributed by atoms with E-state index in [1.54, 1.807) is 21.3 Å². The Bertz CT molecular complexity index is 833. The number of methoxy groups -OCH3 is 2. The summed E-state index contributed by atoms with van der Waals surface area (Å²) >= 11 is 0. The molecule has 178 valence electrons. The molecule has 0 aliphatic heterocycles. The van der Waals surface area contributed by atoms with Crippen LogP contribution in [0.3, 0.4) is 0 Å². The number of aryl methyl sites for hydroxylation is 1. The van der Waals surface area contributed by atoms with Crippen molar-refractivity contribution < 1.29 is 18.9 Å². The van der Waals surface area contributed by atoms with E-state index in [2.05, 4.69) is 40.7 Å². The fraction of sp³-hybridized carbons (Fsp3) is 0.458. The largest absolute Gasteiger partial charge is 0.493 e. The number of aliphatic imine (C=N–C) groups is 1. The van der Waals surface area contributed by atoms with Crippen molar-refractivity contribution in [1.82, 2.24) is 10.6 Å². The maximum absolute atomic E-state index is 5.99. The molecule has 2 aromatic carbocycles. The highest BCUT2D eigenvalue weighted by Gasteiger charge is 2.10. The van der Waals surface area contributed by atoms with Crippen molar-refractivity contribution in [2.75, 3.05) is 41.0 Å². The van der Waals surface area contributed by atoms with Gasteiger partial charge in [-0.05, 0) is 37.6 Å². The molecule has 0 radical (unpaired) electrons. The van der Waals surface area contributed by atoms with Crippen molar-refractivity contribution in [3.63, 3.8) is 0 Å². The number of ether oxygens (including phenoxy) is 4. The molecule has 0 bridgehead atoms. The summed E-state index contributed by atoms with van der Waals surface area (Å²) < 4.78 is 22.4. The molecule has 8 heteroatoms. The number of hydrogen-bond acceptors (Lipinski definition) is 5. The van der Waals surface area contributed by atoms with Crippen LogP contribution in [0, 0.1) is 6.92 Å². The first kappa shape index (κ1) is 27.8. The van der Waals surface area contributed by atoms with Crippen molar-refractivity contribution in [2.24, 2.45) is 4.99 Å². The standard InChI is InChI=1S/C24H35N3O4.HI/c1-18-11-12-20(23(15-18)30-14-8-13-28-4)17-27-24(25-3)26-16-19(2)31-22-10-7-6-9-21(22)29-5;/h6-7,9-12,15,19H,8,13-14,16-17H2,1-5H3,(H2,25,26,27);1H. The summed E-state index contributed by atoms with van der Waals surface area (Å²) in [7, 11) is 5.08. The normalized spacial score (nSPS) is 11.8. The molecule has 32 heavy (non-hydrogen) atoms. The van der Waals surface area contributed by atoms with Gasteiger partial charge < -0.3 is 29.6 Å². The third-order valence-electron chi connectivity index (χ3n) is 4.60. The van der Waals surface area contributed by atoms with Crippen molar-refractivity contribution in [3.05, 3.63) is 53.6 Å². The van der Waals surface area contributed by atoms with Gasteiger partial charge in [-0.2, -0.15) is 0 Å². The van der Waals surface area contributed by atoms with Gasteiger partial charge in [-0.3, -0.25) is 4.99 Å². The lowest BCUT2D eigenvalue weighted by atomic mass is 10.1. The van der Waals surface area contributed by atoms with E-state index in [-0.39, 0.29) is 30.1 Å². The SMILES string of the molecule is CN=C(NCc1ccc(C)cc1OCCCOC)NCC(C)Oc1ccccc1OC.I. The van der Waals surface area contributed by atoms with Crippen LogP contribution < -0.4 is 24.8 Å². The number of nitrogens with one attached hydrogen (secondary N) is 2. The molecule has 0 spiro atoms. The van der Waals surface area contributed by atoms with Crippen LogP contribution >= 0.6 is 24.0 Å². The van der Waals surface area contributed by atoms with E-state index in [1.165, 1.54) is 0 Å². The maximum Gasteiger partial charge on any atom is 0.191 e. The highest BCUT2D eigenvalue weighted by atomic mass is 127. The predicted molar refractivity (Wildman–Crippen MR) is 140 cm³/mol. The number of rotatable bonds is 12. The lowest BCUT2D eigenvalue weighted by molar-refractivity contribution is 0.171. The zero-order chi connectivity index (χ0) is 22.5. The summed E-state index contributed by atoms with van der Waals surface area (Å²) in [4.78, 5) is 4.31. The van der Waals surface area contributed by atoms with Crippen LogP contribution in [0.15, 0.2) is 47.5 Å². The summed E-state index contributed by atoms with van der Waals surface area (Å²) in [6.45, 7) is 6.55. The molecule has 0 heterocycles. The second-order valence-electron chi connectivity index (χ2n) is 7.19. The molecule has 1 atom stereocenters. The van der Waals surface area contributed by atoms with Gasteiger partial charge in [0, 0.05) is 39.3 Å². The van der Waals surface area contributed by atoms with Crippen molar-refractivity contribution in [1.29, 1.82) is 0 Å². The third kappa shape index (κ3) is 9.52. The summed E-state index contributed by atoms with van der Waals surface area (Å²) in [5, 5.41) is 6.65. The first-order chi connectivity index (χ1) is 15.1. The Balaban J connectivity index is 0.00000512. The molecule has 0 aromatic heterocycles. The molecule has 0 fully saturated rings. The van der Waals surface area contributed by atoms with E-state index in [1.807, 2.05) is 31.2 Å². The molecule has 0 saturated carbocycles. The number of para-hydroxylation sites is 2. The van der Waals surface area contributed by atoms with Crippen LogP contribution in [0.2, 0.25) is 0 Å². The number of benzene rings is 2. The lowest BCUT2D eigenvalue weighted by Crippen LogP contribution is -2.41. The molecule has 0 amide bonds. The minimum Gasteiger partial charge on any atom is -0.493 e. The number of nitrogens with zero attached hydrogens (tertiary/aromatic N) is 1. The molecule has 2 aromatic rings. The summed E-state index contributed by atoms with van der Waals surface area (Å²) in [5.74, 6) is 3.01. The molecule has 1 unspecified atom stereocenters. The molecule has 7 nitrogen and oxygen atoms in total. The average Bonchev–Trinajstić information content (AvgIpc) is 2.78. The van der Waals surface area contributed by atoms with Crippen LogP contribution in [0.4, 0.5) is 0 Å². The van der Waals surface area contributed by atoms with Crippen LogP contribution in [0.25, 0.3) is 0 Å². The number of guanidine groups is 1. The first-order valence-electron chi connectivity index (χ1n) is 10.5. The smallest absolute Gasteiger partial charge is 0.191 e. The van der Waals surface area contributed by atoms with Crippen LogP contribution in [0.1, 0.15) is 24.5 Å². The van der Waals surface area contributed by atoms with Gasteiger partial charge >= 0.3 is 0 Å². The van der Waals surface area contributed by atoms with Gasteiger partial charge in [0.2, 0.25) is 0 Å². The number of halogens is 1. The predicted octanol–water partition coefficient (Wildman–Crippen LogP) is 4.17. The fourth-order valence-electron chi connectivity index (χ4n) is 2.94. The van der Waals surface area contributed by atoms with E-state index in [9.17, 15) is 0 Å². The van der Waals surface area contributed by atoms with Crippen molar-refractivity contribution in [3.8, 4) is 17.2 Å². The Kier molecular flexibility index (Phi) is 13.5. The van der Waals surface area contributed by atoms with Crippen LogP contribution in [-0.4, -0.2) is 53.1 Å². The van der Waals surface area contributed by atoms with Gasteiger partial charge in [-0.1, -0.05) is 24.3 Å². The summed E-state index contributed by atoms with van der Waals surface area (Å²) in [6, 6.07) is 13.8. The van der Waals surface area contributed by atoms with E-state index in [4.69, 9.17) is 18.9 Å². The maximum atomic E-state index is 5.99. The van der Waals surface area contributed by atoms with Gasteiger partial charge in [-0.25, -0.2) is 0 Å². The Morgan fingerprint density at radius 3 is 2.44 bits per heavy atom. The highest BCUT2D eigenvalue weighted by molar-refractivity contribution is 14.0. The van der Waals surface area contributed by atoms with E-state index >= 15 is 0 Å².